The molecule has 0 radical (unpaired) electrons. The third-order valence-corrected chi connectivity index (χ3v) is 5.04. The van der Waals surface area contributed by atoms with Crippen LogP contribution in [0.15, 0.2) is 48.7 Å². The summed E-state index contributed by atoms with van der Waals surface area (Å²) < 4.78 is 0. The summed E-state index contributed by atoms with van der Waals surface area (Å²) in [4.78, 5) is 9.24. The molecule has 2 unspecified atom stereocenters. The zero-order valence-corrected chi connectivity index (χ0v) is 16.3. The third-order valence-electron chi connectivity index (χ3n) is 4.79. The third kappa shape index (κ3) is 5.50. The first kappa shape index (κ1) is 19.3. The summed E-state index contributed by atoms with van der Waals surface area (Å²) in [6.07, 6.45) is 1.87. The summed E-state index contributed by atoms with van der Waals surface area (Å²) in [7, 11) is 4.24. The molecule has 2 aromatic rings. The fourth-order valence-corrected chi connectivity index (χ4v) is 3.49. The number of pyridine rings is 1. The first-order chi connectivity index (χ1) is 12.6. The van der Waals surface area contributed by atoms with Gasteiger partial charge in [-0.25, -0.2) is 5.43 Å². The number of likely N-dealkylation sites (N-methyl/N-ethyl adjacent to an activating group) is 1. The molecule has 1 aliphatic heterocycles. The molecule has 1 fully saturated rings. The van der Waals surface area contributed by atoms with Crippen molar-refractivity contribution in [1.29, 1.82) is 0 Å². The lowest BCUT2D eigenvalue weighted by Crippen LogP contribution is -2.37. The van der Waals surface area contributed by atoms with Crippen LogP contribution in [0.3, 0.4) is 0 Å². The monoisotopic (exact) mass is 373 g/mol. The van der Waals surface area contributed by atoms with Gasteiger partial charge in [-0.15, -0.1) is 0 Å². The van der Waals surface area contributed by atoms with Gasteiger partial charge in [0.05, 0.1) is 11.7 Å². The molecule has 2 N–H and O–H groups in total. The normalized spacial score (nSPS) is 20.2. The van der Waals surface area contributed by atoms with Crippen molar-refractivity contribution in [2.45, 2.75) is 12.6 Å². The van der Waals surface area contributed by atoms with Crippen molar-refractivity contribution < 1.29 is 0 Å². The zero-order valence-electron chi connectivity index (χ0n) is 15.5. The van der Waals surface area contributed by atoms with E-state index in [4.69, 9.17) is 11.6 Å². The quantitative estimate of drug-likeness (QED) is 0.744. The van der Waals surface area contributed by atoms with Gasteiger partial charge >= 0.3 is 0 Å². The Morgan fingerprint density at radius 1 is 1.12 bits per heavy atom. The van der Waals surface area contributed by atoms with Crippen molar-refractivity contribution in [1.82, 2.24) is 25.6 Å². The van der Waals surface area contributed by atoms with Gasteiger partial charge in [-0.3, -0.25) is 15.3 Å². The molecule has 3 rings (SSSR count). The van der Waals surface area contributed by atoms with Gasteiger partial charge in [0.1, 0.15) is 0 Å². The number of benzene rings is 1. The maximum absolute atomic E-state index is 6.04. The Morgan fingerprint density at radius 3 is 2.62 bits per heavy atom. The van der Waals surface area contributed by atoms with E-state index >= 15 is 0 Å². The van der Waals surface area contributed by atoms with Crippen LogP contribution in [0.25, 0.3) is 0 Å². The van der Waals surface area contributed by atoms with Gasteiger partial charge < -0.3 is 4.90 Å². The van der Waals surface area contributed by atoms with Crippen molar-refractivity contribution in [2.24, 2.45) is 5.92 Å². The number of hydrazine groups is 1. The number of nitrogens with zero attached hydrogens (tertiary/aromatic N) is 3. The highest BCUT2D eigenvalue weighted by molar-refractivity contribution is 6.30. The van der Waals surface area contributed by atoms with Crippen molar-refractivity contribution in [3.05, 3.63) is 64.9 Å². The first-order valence-electron chi connectivity index (χ1n) is 9.12. The van der Waals surface area contributed by atoms with Crippen molar-refractivity contribution in [2.75, 3.05) is 40.3 Å². The van der Waals surface area contributed by atoms with Crippen LogP contribution in [0.1, 0.15) is 17.3 Å². The summed E-state index contributed by atoms with van der Waals surface area (Å²) in [5, 5.41) is 0.777. The maximum atomic E-state index is 6.04. The van der Waals surface area contributed by atoms with Gasteiger partial charge in [0.25, 0.3) is 0 Å². The Bertz CT molecular complexity index is 662. The van der Waals surface area contributed by atoms with E-state index in [1.807, 2.05) is 24.4 Å². The number of aromatic nitrogens is 1. The number of nitrogens with one attached hydrogen (secondary N) is 2. The van der Waals surface area contributed by atoms with E-state index in [0.717, 1.165) is 43.4 Å². The fourth-order valence-electron chi connectivity index (χ4n) is 3.36. The number of hydrogen-bond donors (Lipinski definition) is 2. The fraction of sp³-hybridized carbons (Fsp3) is 0.450. The molecule has 0 saturated carbocycles. The molecule has 1 aromatic carbocycles. The SMILES string of the molecule is CN(C)CCN(Cc1ccccn1)CC1CNNC1c1ccc(Cl)cc1. The molecule has 140 valence electrons. The first-order valence-corrected chi connectivity index (χ1v) is 9.50. The smallest absolute Gasteiger partial charge is 0.0543 e. The minimum Gasteiger partial charge on any atom is -0.308 e. The Morgan fingerprint density at radius 2 is 1.92 bits per heavy atom. The lowest BCUT2D eigenvalue weighted by atomic mass is 9.94. The van der Waals surface area contributed by atoms with E-state index in [1.54, 1.807) is 0 Å². The molecule has 1 saturated heterocycles. The molecule has 2 atom stereocenters. The molecule has 0 aliphatic carbocycles. The van der Waals surface area contributed by atoms with Crippen LogP contribution in [0.2, 0.25) is 5.02 Å². The summed E-state index contributed by atoms with van der Waals surface area (Å²) in [5.41, 5.74) is 9.16. The van der Waals surface area contributed by atoms with Gasteiger partial charge in [-0.2, -0.15) is 0 Å². The Kier molecular flexibility index (Phi) is 7.00. The summed E-state index contributed by atoms with van der Waals surface area (Å²) in [6, 6.07) is 14.6. The summed E-state index contributed by atoms with van der Waals surface area (Å²) >= 11 is 6.04. The molecule has 6 heteroatoms. The lowest BCUT2D eigenvalue weighted by Gasteiger charge is -2.29. The average Bonchev–Trinajstić information content (AvgIpc) is 3.09. The lowest BCUT2D eigenvalue weighted by molar-refractivity contribution is 0.196. The van der Waals surface area contributed by atoms with Crippen LogP contribution >= 0.6 is 11.6 Å². The largest absolute Gasteiger partial charge is 0.308 e. The molecule has 5 nitrogen and oxygen atoms in total. The molecule has 0 spiro atoms. The van der Waals surface area contributed by atoms with E-state index in [1.165, 1.54) is 5.56 Å². The van der Waals surface area contributed by atoms with E-state index in [-0.39, 0.29) is 6.04 Å². The molecule has 1 aliphatic rings. The topological polar surface area (TPSA) is 43.4 Å². The second-order valence-electron chi connectivity index (χ2n) is 7.17. The zero-order chi connectivity index (χ0) is 18.4. The second-order valence-corrected chi connectivity index (χ2v) is 7.61. The summed E-state index contributed by atoms with van der Waals surface area (Å²) in [5.74, 6) is 0.488. The van der Waals surface area contributed by atoms with E-state index in [9.17, 15) is 0 Å². The van der Waals surface area contributed by atoms with Crippen LogP contribution in [-0.2, 0) is 6.54 Å². The van der Waals surface area contributed by atoms with Crippen LogP contribution in [0.5, 0.6) is 0 Å². The summed E-state index contributed by atoms with van der Waals surface area (Å²) in [6.45, 7) is 4.89. The highest BCUT2D eigenvalue weighted by Gasteiger charge is 2.29. The Balaban J connectivity index is 1.68. The van der Waals surface area contributed by atoms with Crippen LogP contribution in [0, 0.1) is 5.92 Å². The van der Waals surface area contributed by atoms with Gasteiger partial charge in [-0.05, 0) is 43.9 Å². The maximum Gasteiger partial charge on any atom is 0.0543 e. The number of rotatable bonds is 8. The predicted octanol–water partition coefficient (Wildman–Crippen LogP) is 2.56. The van der Waals surface area contributed by atoms with Gasteiger partial charge in [-0.1, -0.05) is 29.8 Å². The average molecular weight is 374 g/mol. The highest BCUT2D eigenvalue weighted by Crippen LogP contribution is 2.27. The van der Waals surface area contributed by atoms with Crippen molar-refractivity contribution in [3.8, 4) is 0 Å². The molecule has 1 aromatic heterocycles. The van der Waals surface area contributed by atoms with Gasteiger partial charge in [0.15, 0.2) is 0 Å². The molecule has 0 amide bonds. The van der Waals surface area contributed by atoms with E-state index in [2.05, 4.69) is 64.0 Å². The van der Waals surface area contributed by atoms with Crippen LogP contribution < -0.4 is 10.9 Å². The second kappa shape index (κ2) is 9.44. The van der Waals surface area contributed by atoms with E-state index < -0.39 is 0 Å². The molecule has 0 bridgehead atoms. The van der Waals surface area contributed by atoms with Crippen LogP contribution in [-0.4, -0.2) is 55.1 Å². The van der Waals surface area contributed by atoms with Gasteiger partial charge in [0, 0.05) is 49.9 Å². The standard InChI is InChI=1S/C20H28ClN5/c1-25(2)11-12-26(15-19-5-3-4-10-22-19)14-17-13-23-24-20(17)16-6-8-18(21)9-7-16/h3-10,17,20,23-24H,11-15H2,1-2H3. The molecular weight excluding hydrogens is 346 g/mol. The Labute approximate surface area is 161 Å². The van der Waals surface area contributed by atoms with E-state index in [0.29, 0.717) is 5.92 Å². The van der Waals surface area contributed by atoms with Crippen molar-refractivity contribution >= 4 is 11.6 Å². The molecule has 26 heavy (non-hydrogen) atoms. The molecule has 2 heterocycles. The minimum absolute atomic E-state index is 0.290. The number of hydrogen-bond acceptors (Lipinski definition) is 5. The number of halogens is 1. The van der Waals surface area contributed by atoms with Crippen LogP contribution in [0.4, 0.5) is 0 Å². The van der Waals surface area contributed by atoms with Crippen molar-refractivity contribution in [3.63, 3.8) is 0 Å². The van der Waals surface area contributed by atoms with Gasteiger partial charge in [0.2, 0.25) is 0 Å². The Hall–Kier alpha value is -1.50. The molecular formula is C20H28ClN5. The highest BCUT2D eigenvalue weighted by atomic mass is 35.5. The predicted molar refractivity (Wildman–Crippen MR) is 107 cm³/mol. The minimum atomic E-state index is 0.290.